The van der Waals surface area contributed by atoms with Gasteiger partial charge in [-0.1, -0.05) is 0 Å². The van der Waals surface area contributed by atoms with Gasteiger partial charge in [-0.3, -0.25) is 9.11 Å². The van der Waals surface area contributed by atoms with Gasteiger partial charge in [0, 0.05) is 26.0 Å². The number of hydrogen-bond acceptors (Lipinski definition) is 4. The quantitative estimate of drug-likeness (QED) is 0.628. The zero-order valence-corrected chi connectivity index (χ0v) is 9.27. The molecule has 1 rings (SSSR count). The molecule has 0 bridgehead atoms. The molecule has 7 heteroatoms. The summed E-state index contributed by atoms with van der Waals surface area (Å²) >= 11 is 0. The predicted octanol–water partition coefficient (Wildman–Crippen LogP) is 0.418. The van der Waals surface area contributed by atoms with E-state index < -0.39 is 10.4 Å². The van der Waals surface area contributed by atoms with Gasteiger partial charge in [0.15, 0.2) is 0 Å². The average molecular weight is 224 g/mol. The van der Waals surface area contributed by atoms with Crippen molar-refractivity contribution in [2.75, 3.05) is 13.6 Å². The van der Waals surface area contributed by atoms with Crippen LogP contribution in [0.1, 0.15) is 13.8 Å². The molecule has 0 spiro atoms. The van der Waals surface area contributed by atoms with E-state index in [0.717, 1.165) is 6.54 Å². The molecular formula is C7H16N2O4S. The van der Waals surface area contributed by atoms with E-state index in [-0.39, 0.29) is 0 Å². The maximum Gasteiger partial charge on any atom is 0.394 e. The van der Waals surface area contributed by atoms with Crippen LogP contribution in [0.25, 0.3) is 0 Å². The third-order valence-corrected chi connectivity index (χ3v) is 1.93. The van der Waals surface area contributed by atoms with Crippen molar-refractivity contribution in [3.05, 3.63) is 12.4 Å². The first kappa shape index (κ1) is 13.2. The molecule has 0 aromatic rings. The van der Waals surface area contributed by atoms with Crippen LogP contribution in [-0.4, -0.2) is 47.1 Å². The molecule has 0 aromatic heterocycles. The van der Waals surface area contributed by atoms with Crippen LogP contribution in [0.2, 0.25) is 0 Å². The van der Waals surface area contributed by atoms with E-state index >= 15 is 0 Å². The van der Waals surface area contributed by atoms with Crippen molar-refractivity contribution in [1.29, 1.82) is 0 Å². The molecule has 14 heavy (non-hydrogen) atoms. The molecule has 2 N–H and O–H groups in total. The molecular weight excluding hydrogens is 208 g/mol. The highest BCUT2D eigenvalue weighted by atomic mass is 32.3. The first-order valence-corrected chi connectivity index (χ1v) is 5.51. The van der Waals surface area contributed by atoms with Gasteiger partial charge < -0.3 is 9.80 Å². The summed E-state index contributed by atoms with van der Waals surface area (Å²) < 4.78 is 31.6. The van der Waals surface area contributed by atoms with E-state index in [1.165, 1.54) is 0 Å². The molecule has 0 saturated heterocycles. The van der Waals surface area contributed by atoms with Gasteiger partial charge in [-0.25, -0.2) is 0 Å². The Morgan fingerprint density at radius 2 is 1.79 bits per heavy atom. The van der Waals surface area contributed by atoms with Crippen molar-refractivity contribution >= 4 is 10.4 Å². The molecule has 1 atom stereocenters. The minimum Gasteiger partial charge on any atom is -0.359 e. The number of rotatable bonds is 1. The van der Waals surface area contributed by atoms with Gasteiger partial charge in [-0.2, -0.15) is 8.42 Å². The molecule has 6 nitrogen and oxygen atoms in total. The summed E-state index contributed by atoms with van der Waals surface area (Å²) in [6.07, 6.45) is 4.79. The standard InChI is InChI=1S/C7H14N2.H2O4S/c1-4-9-6-5-8(3)7(9)2;1-5(2,3)4/h5-7H,4H2,1-3H3;(H2,1,2,3,4). The van der Waals surface area contributed by atoms with Crippen molar-refractivity contribution in [3.63, 3.8) is 0 Å². The lowest BCUT2D eigenvalue weighted by molar-refractivity contribution is 0.203. The Morgan fingerprint density at radius 1 is 1.36 bits per heavy atom. The van der Waals surface area contributed by atoms with Crippen molar-refractivity contribution in [2.24, 2.45) is 0 Å². The fraction of sp³-hybridized carbons (Fsp3) is 0.714. The SMILES string of the molecule is CCN1C=CN(C)C1C.O=S(=O)(O)O. The van der Waals surface area contributed by atoms with Crippen LogP contribution < -0.4 is 0 Å². The van der Waals surface area contributed by atoms with E-state index in [9.17, 15) is 0 Å². The molecule has 0 amide bonds. The Kier molecular flexibility index (Phi) is 4.89. The van der Waals surface area contributed by atoms with Crippen molar-refractivity contribution in [3.8, 4) is 0 Å². The molecule has 1 aliphatic heterocycles. The van der Waals surface area contributed by atoms with Gasteiger partial charge in [0.05, 0.1) is 6.17 Å². The first-order chi connectivity index (χ1) is 6.25. The van der Waals surface area contributed by atoms with Crippen LogP contribution in [0.3, 0.4) is 0 Å². The third kappa shape index (κ3) is 5.79. The second-order valence-electron chi connectivity index (χ2n) is 2.87. The Bertz CT molecular complexity index is 280. The van der Waals surface area contributed by atoms with Crippen molar-refractivity contribution < 1.29 is 17.5 Å². The largest absolute Gasteiger partial charge is 0.394 e. The Balaban J connectivity index is 0.000000292. The van der Waals surface area contributed by atoms with Crippen LogP contribution in [0.15, 0.2) is 12.4 Å². The van der Waals surface area contributed by atoms with Gasteiger partial charge in [0.2, 0.25) is 0 Å². The van der Waals surface area contributed by atoms with Crippen LogP contribution in [0.4, 0.5) is 0 Å². The molecule has 1 aliphatic rings. The highest BCUT2D eigenvalue weighted by Gasteiger charge is 2.15. The Morgan fingerprint density at radius 3 is 1.93 bits per heavy atom. The highest BCUT2D eigenvalue weighted by molar-refractivity contribution is 7.79. The first-order valence-electron chi connectivity index (χ1n) is 4.11. The van der Waals surface area contributed by atoms with E-state index in [2.05, 4.69) is 43.1 Å². The third-order valence-electron chi connectivity index (χ3n) is 1.93. The Hall–Kier alpha value is -0.790. The van der Waals surface area contributed by atoms with Crippen LogP contribution in [0.5, 0.6) is 0 Å². The minimum absolute atomic E-state index is 0.551. The topological polar surface area (TPSA) is 81.1 Å². The van der Waals surface area contributed by atoms with Crippen LogP contribution in [-0.2, 0) is 10.4 Å². The molecule has 1 unspecified atom stereocenters. The number of hydrogen-bond donors (Lipinski definition) is 2. The maximum atomic E-state index is 8.74. The fourth-order valence-corrected chi connectivity index (χ4v) is 1.04. The summed E-state index contributed by atoms with van der Waals surface area (Å²) in [6.45, 7) is 5.46. The summed E-state index contributed by atoms with van der Waals surface area (Å²) in [7, 11) is -2.57. The van der Waals surface area contributed by atoms with E-state index in [0.29, 0.717) is 6.17 Å². The molecule has 0 aliphatic carbocycles. The number of nitrogens with zero attached hydrogens (tertiary/aromatic N) is 2. The molecule has 84 valence electrons. The van der Waals surface area contributed by atoms with E-state index in [1.54, 1.807) is 0 Å². The molecule has 0 radical (unpaired) electrons. The smallest absolute Gasteiger partial charge is 0.359 e. The lowest BCUT2D eigenvalue weighted by Crippen LogP contribution is -2.33. The molecule has 1 heterocycles. The maximum absolute atomic E-state index is 8.74. The lowest BCUT2D eigenvalue weighted by Gasteiger charge is -2.25. The summed E-state index contributed by atoms with van der Waals surface area (Å²) in [5.41, 5.74) is 0. The van der Waals surface area contributed by atoms with Crippen molar-refractivity contribution in [1.82, 2.24) is 9.80 Å². The molecule has 0 aromatic carbocycles. The highest BCUT2D eigenvalue weighted by Crippen LogP contribution is 2.11. The predicted molar refractivity (Wildman–Crippen MR) is 52.9 cm³/mol. The molecule has 0 fully saturated rings. The Labute approximate surface area is 84.4 Å². The van der Waals surface area contributed by atoms with Gasteiger partial charge in [0.25, 0.3) is 0 Å². The lowest BCUT2D eigenvalue weighted by atomic mass is 10.5. The molecule has 0 saturated carbocycles. The summed E-state index contributed by atoms with van der Waals surface area (Å²) in [6, 6.07) is 0. The summed E-state index contributed by atoms with van der Waals surface area (Å²) in [5.74, 6) is 0. The second-order valence-corrected chi connectivity index (χ2v) is 3.77. The van der Waals surface area contributed by atoms with Crippen LogP contribution >= 0.6 is 0 Å². The van der Waals surface area contributed by atoms with Gasteiger partial charge >= 0.3 is 10.4 Å². The summed E-state index contributed by atoms with van der Waals surface area (Å²) in [4.78, 5) is 4.49. The zero-order valence-electron chi connectivity index (χ0n) is 8.45. The van der Waals surface area contributed by atoms with Crippen molar-refractivity contribution in [2.45, 2.75) is 20.0 Å². The summed E-state index contributed by atoms with van der Waals surface area (Å²) in [5, 5.41) is 0. The zero-order chi connectivity index (χ0) is 11.4. The fourth-order valence-electron chi connectivity index (χ4n) is 1.04. The van der Waals surface area contributed by atoms with Gasteiger partial charge in [0.1, 0.15) is 0 Å². The average Bonchev–Trinajstić information content (AvgIpc) is 2.30. The van der Waals surface area contributed by atoms with E-state index in [4.69, 9.17) is 17.5 Å². The second kappa shape index (κ2) is 5.18. The normalized spacial score (nSPS) is 20.8. The minimum atomic E-state index is -4.67. The van der Waals surface area contributed by atoms with Gasteiger partial charge in [-0.05, 0) is 13.8 Å². The van der Waals surface area contributed by atoms with Crippen LogP contribution in [0, 0.1) is 0 Å². The van der Waals surface area contributed by atoms with E-state index in [1.807, 2.05) is 0 Å². The van der Waals surface area contributed by atoms with Gasteiger partial charge in [-0.15, -0.1) is 0 Å². The monoisotopic (exact) mass is 224 g/mol.